The van der Waals surface area contributed by atoms with Crippen LogP contribution < -0.4 is 16.0 Å². The monoisotopic (exact) mass is 617 g/mol. The fraction of sp³-hybridized carbons (Fsp3) is 0.200. The number of halogens is 3. The minimum Gasteiger partial charge on any atom is -0.403 e. The molecule has 1 fully saturated rings. The molecule has 1 amide bonds. The molecule has 15 heteroatoms. The van der Waals surface area contributed by atoms with Gasteiger partial charge >= 0.3 is 12.2 Å². The number of para-hydroxylation sites is 1. The number of benzene rings is 2. The molecular formula is C30H26F3N9O3. The van der Waals surface area contributed by atoms with Gasteiger partial charge < -0.3 is 35.4 Å². The standard InChI is InChI=1S/C30H26F3N9O3/c31-30(32,33)23-11-10-19(17-35-23)36-26(42-12-14-44-15-13-42)21(16-34)28-40-41-29(45-28)39-25-27(43)37-22-9-5-4-8-20(22)24(38-25)18-6-2-1-3-7-18/h1-11,16-17,25,34,36H,12-15H2,(H,37,43)(H,39,41)/b26-21-,34-16?. The van der Waals surface area contributed by atoms with Crippen LogP contribution in [-0.4, -0.2) is 70.4 Å². The number of allylic oxidation sites excluding steroid dienone is 1. The molecular weight excluding hydrogens is 591 g/mol. The van der Waals surface area contributed by atoms with Crippen LogP contribution in [0.15, 0.2) is 88.2 Å². The second-order valence-corrected chi connectivity index (χ2v) is 9.90. The van der Waals surface area contributed by atoms with Crippen molar-refractivity contribution in [2.45, 2.75) is 12.3 Å². The Hall–Kier alpha value is -5.57. The van der Waals surface area contributed by atoms with Crippen molar-refractivity contribution in [3.8, 4) is 0 Å². The molecule has 2 aliphatic heterocycles. The Morgan fingerprint density at radius 2 is 1.78 bits per heavy atom. The van der Waals surface area contributed by atoms with E-state index in [1.807, 2.05) is 53.4 Å². The molecule has 4 N–H and O–H groups in total. The molecule has 1 atom stereocenters. The van der Waals surface area contributed by atoms with E-state index in [4.69, 9.17) is 19.6 Å². The number of ether oxygens (including phenoxy) is 1. The summed E-state index contributed by atoms with van der Waals surface area (Å²) in [7, 11) is 0. The number of rotatable bonds is 8. The van der Waals surface area contributed by atoms with Gasteiger partial charge in [-0.2, -0.15) is 13.2 Å². The summed E-state index contributed by atoms with van der Waals surface area (Å²) >= 11 is 0. The lowest BCUT2D eigenvalue weighted by Crippen LogP contribution is -2.38. The van der Waals surface area contributed by atoms with Crippen molar-refractivity contribution in [2.75, 3.05) is 42.3 Å². The van der Waals surface area contributed by atoms with E-state index in [1.165, 1.54) is 6.07 Å². The second kappa shape index (κ2) is 12.6. The lowest BCUT2D eigenvalue weighted by molar-refractivity contribution is -0.141. The minimum absolute atomic E-state index is 0.0778. The molecule has 0 bridgehead atoms. The number of alkyl halides is 3. The van der Waals surface area contributed by atoms with Gasteiger partial charge in [0.15, 0.2) is 0 Å². The first-order chi connectivity index (χ1) is 21.8. The van der Waals surface area contributed by atoms with Crippen LogP contribution in [0.25, 0.3) is 5.57 Å². The van der Waals surface area contributed by atoms with Crippen molar-refractivity contribution < 1.29 is 27.1 Å². The Labute approximate surface area is 254 Å². The van der Waals surface area contributed by atoms with Gasteiger partial charge in [-0.3, -0.25) is 4.79 Å². The average molecular weight is 618 g/mol. The number of fused-ring (bicyclic) bond motifs is 1. The molecule has 0 spiro atoms. The highest BCUT2D eigenvalue weighted by Crippen LogP contribution is 2.30. The molecule has 2 aliphatic rings. The number of carbonyl (C=O) groups is 1. The van der Waals surface area contributed by atoms with Gasteiger partial charge in [0.05, 0.1) is 42.1 Å². The zero-order valence-corrected chi connectivity index (χ0v) is 23.5. The Bertz CT molecular complexity index is 1750. The van der Waals surface area contributed by atoms with E-state index in [2.05, 4.69) is 31.1 Å². The van der Waals surface area contributed by atoms with E-state index in [1.54, 1.807) is 6.07 Å². The third kappa shape index (κ3) is 6.52. The summed E-state index contributed by atoms with van der Waals surface area (Å²) in [6.45, 7) is 1.62. The number of morpholine rings is 1. The summed E-state index contributed by atoms with van der Waals surface area (Å²) < 4.78 is 50.5. The lowest BCUT2D eigenvalue weighted by Gasteiger charge is -2.32. The topological polar surface area (TPSA) is 154 Å². The maximum absolute atomic E-state index is 13.2. The molecule has 12 nitrogen and oxygen atoms in total. The molecule has 4 heterocycles. The molecule has 230 valence electrons. The SMILES string of the molecule is N=C/C(=C(\Nc1ccc(C(F)(F)F)nc1)N1CCOCC1)c1nnc(NC2N=C(c3ccccc3)c3ccccc3NC2=O)o1. The van der Waals surface area contributed by atoms with Crippen molar-refractivity contribution in [1.82, 2.24) is 20.1 Å². The van der Waals surface area contributed by atoms with Gasteiger partial charge in [0.1, 0.15) is 11.5 Å². The van der Waals surface area contributed by atoms with Crippen LogP contribution in [0.3, 0.4) is 0 Å². The van der Waals surface area contributed by atoms with Crippen molar-refractivity contribution in [1.29, 1.82) is 5.41 Å². The third-order valence-corrected chi connectivity index (χ3v) is 6.95. The number of nitrogens with zero attached hydrogens (tertiary/aromatic N) is 5. The summed E-state index contributed by atoms with van der Waals surface area (Å²) in [5.74, 6) is -0.204. The highest BCUT2D eigenvalue weighted by molar-refractivity contribution is 6.19. The first-order valence-electron chi connectivity index (χ1n) is 13.8. The van der Waals surface area contributed by atoms with Gasteiger partial charge in [-0.15, -0.1) is 5.10 Å². The normalized spacial score (nSPS) is 17.3. The Balaban J connectivity index is 1.32. The largest absolute Gasteiger partial charge is 0.433 e. The highest BCUT2D eigenvalue weighted by Gasteiger charge is 2.32. The number of amides is 1. The lowest BCUT2D eigenvalue weighted by atomic mass is 10.0. The van der Waals surface area contributed by atoms with E-state index >= 15 is 0 Å². The van der Waals surface area contributed by atoms with E-state index in [0.29, 0.717) is 43.5 Å². The highest BCUT2D eigenvalue weighted by atomic mass is 19.4. The zero-order chi connectivity index (χ0) is 31.4. The first kappa shape index (κ1) is 29.5. The molecule has 45 heavy (non-hydrogen) atoms. The fourth-order valence-electron chi connectivity index (χ4n) is 4.80. The number of nitrogens with one attached hydrogen (secondary N) is 4. The predicted molar refractivity (Wildman–Crippen MR) is 160 cm³/mol. The number of hydrogen-bond acceptors (Lipinski definition) is 11. The van der Waals surface area contributed by atoms with Crippen LogP contribution in [0.4, 0.5) is 30.6 Å². The van der Waals surface area contributed by atoms with Gasteiger partial charge in [0.2, 0.25) is 6.17 Å². The molecule has 0 aliphatic carbocycles. The van der Waals surface area contributed by atoms with E-state index in [0.717, 1.165) is 29.6 Å². The van der Waals surface area contributed by atoms with Gasteiger partial charge in [-0.1, -0.05) is 53.6 Å². The number of carbonyl (C=O) groups excluding carboxylic acids is 1. The number of aliphatic imine (C=N–C) groups is 1. The van der Waals surface area contributed by atoms with E-state index < -0.39 is 23.9 Å². The summed E-state index contributed by atoms with van der Waals surface area (Å²) in [6.07, 6.45) is -3.69. The molecule has 0 saturated carbocycles. The van der Waals surface area contributed by atoms with Crippen LogP contribution in [0.2, 0.25) is 0 Å². The van der Waals surface area contributed by atoms with E-state index in [-0.39, 0.29) is 23.2 Å². The predicted octanol–water partition coefficient (Wildman–Crippen LogP) is 4.47. The maximum atomic E-state index is 13.2. The summed E-state index contributed by atoms with van der Waals surface area (Å²) in [5.41, 5.74) is 2.07. The zero-order valence-electron chi connectivity index (χ0n) is 23.5. The molecule has 0 radical (unpaired) electrons. The van der Waals surface area contributed by atoms with Crippen LogP contribution in [-0.2, 0) is 15.7 Å². The molecule has 1 saturated heterocycles. The van der Waals surface area contributed by atoms with Crippen LogP contribution in [0.1, 0.15) is 22.7 Å². The third-order valence-electron chi connectivity index (χ3n) is 6.95. The number of benzodiazepines with no additional fused rings is 1. The van der Waals surface area contributed by atoms with Gasteiger partial charge in [-0.25, -0.2) is 9.98 Å². The molecule has 1 unspecified atom stereocenters. The second-order valence-electron chi connectivity index (χ2n) is 9.90. The number of hydrogen-bond donors (Lipinski definition) is 4. The number of aromatic nitrogens is 3. The smallest absolute Gasteiger partial charge is 0.403 e. The molecule has 2 aromatic carbocycles. The van der Waals surface area contributed by atoms with Crippen LogP contribution >= 0.6 is 0 Å². The molecule has 6 rings (SSSR count). The molecule has 2 aromatic heterocycles. The van der Waals surface area contributed by atoms with Gasteiger partial charge in [-0.05, 0) is 18.2 Å². The van der Waals surface area contributed by atoms with E-state index in [9.17, 15) is 18.0 Å². The van der Waals surface area contributed by atoms with Crippen molar-refractivity contribution in [3.05, 3.63) is 101 Å². The Kier molecular flexibility index (Phi) is 8.24. The van der Waals surface area contributed by atoms with Gasteiger partial charge in [0.25, 0.3) is 11.8 Å². The fourth-order valence-corrected chi connectivity index (χ4v) is 4.80. The maximum Gasteiger partial charge on any atom is 0.433 e. The summed E-state index contributed by atoms with van der Waals surface area (Å²) in [4.78, 5) is 23.3. The van der Waals surface area contributed by atoms with Crippen LogP contribution in [0.5, 0.6) is 0 Å². The van der Waals surface area contributed by atoms with Gasteiger partial charge in [0, 0.05) is 30.4 Å². The Morgan fingerprint density at radius 3 is 2.49 bits per heavy atom. The van der Waals surface area contributed by atoms with Crippen molar-refractivity contribution >= 4 is 40.8 Å². The number of anilines is 3. The Morgan fingerprint density at radius 1 is 1.02 bits per heavy atom. The quantitative estimate of drug-likeness (QED) is 0.210. The first-order valence-corrected chi connectivity index (χ1v) is 13.8. The minimum atomic E-state index is -4.59. The van der Waals surface area contributed by atoms with Crippen molar-refractivity contribution in [3.63, 3.8) is 0 Å². The van der Waals surface area contributed by atoms with Crippen molar-refractivity contribution in [2.24, 2.45) is 4.99 Å². The summed E-state index contributed by atoms with van der Waals surface area (Å²) in [6, 6.07) is 18.7. The number of pyridine rings is 1. The molecule has 4 aromatic rings. The summed E-state index contributed by atoms with van der Waals surface area (Å²) in [5, 5.41) is 25.1. The van der Waals surface area contributed by atoms with Crippen LogP contribution in [0, 0.1) is 5.41 Å². The average Bonchev–Trinajstić information content (AvgIpc) is 3.46.